The molecule has 2 N–H and O–H groups in total. The predicted octanol–water partition coefficient (Wildman–Crippen LogP) is 0.379. The van der Waals surface area contributed by atoms with E-state index in [1.165, 1.54) is 17.0 Å². The molecule has 2 rings (SSSR count). The maximum Gasteiger partial charge on any atom is 0.347 e. The molecule has 2 heterocycles. The molecule has 78 valence electrons. The van der Waals surface area contributed by atoms with Gasteiger partial charge in [-0.3, -0.25) is 4.57 Å². The molecule has 0 radical (unpaired) electrons. The van der Waals surface area contributed by atoms with Crippen LogP contribution in [0.3, 0.4) is 0 Å². The SMILES string of the molecule is Nc1snnc1Cn1cc(Cl)cnc1=O. The Morgan fingerprint density at radius 3 is 3.07 bits per heavy atom. The molecule has 0 fully saturated rings. The van der Waals surface area contributed by atoms with Crippen LogP contribution in [0.1, 0.15) is 5.69 Å². The smallest absolute Gasteiger partial charge is 0.347 e. The summed E-state index contributed by atoms with van der Waals surface area (Å²) in [7, 11) is 0. The summed E-state index contributed by atoms with van der Waals surface area (Å²) in [6.07, 6.45) is 2.78. The third-order valence-electron chi connectivity index (χ3n) is 1.73. The van der Waals surface area contributed by atoms with Gasteiger partial charge in [-0.1, -0.05) is 16.1 Å². The van der Waals surface area contributed by atoms with E-state index < -0.39 is 5.69 Å². The number of halogens is 1. The average Bonchev–Trinajstić information content (AvgIpc) is 2.58. The molecule has 0 unspecified atom stereocenters. The van der Waals surface area contributed by atoms with Crippen molar-refractivity contribution in [3.63, 3.8) is 0 Å². The van der Waals surface area contributed by atoms with Crippen LogP contribution in [0, 0.1) is 0 Å². The summed E-state index contributed by atoms with van der Waals surface area (Å²) in [4.78, 5) is 14.9. The number of hydrogen-bond donors (Lipinski definition) is 1. The Balaban J connectivity index is 2.36. The fourth-order valence-corrected chi connectivity index (χ4v) is 1.63. The highest BCUT2D eigenvalue weighted by Gasteiger charge is 2.06. The molecule has 0 aliphatic carbocycles. The summed E-state index contributed by atoms with van der Waals surface area (Å²) in [6.45, 7) is 0.231. The fourth-order valence-electron chi connectivity index (χ4n) is 1.03. The first-order valence-electron chi connectivity index (χ1n) is 3.95. The van der Waals surface area contributed by atoms with Gasteiger partial charge in [0.05, 0.1) is 17.8 Å². The van der Waals surface area contributed by atoms with E-state index in [1.54, 1.807) is 0 Å². The van der Waals surface area contributed by atoms with Crippen molar-refractivity contribution in [3.05, 3.63) is 33.6 Å². The van der Waals surface area contributed by atoms with E-state index in [0.29, 0.717) is 15.7 Å². The molecule has 0 bridgehead atoms. The van der Waals surface area contributed by atoms with Gasteiger partial charge in [0.25, 0.3) is 0 Å². The molecule has 0 aromatic carbocycles. The number of anilines is 1. The van der Waals surface area contributed by atoms with Gasteiger partial charge in [0.15, 0.2) is 0 Å². The van der Waals surface area contributed by atoms with Crippen molar-refractivity contribution >= 4 is 28.1 Å². The zero-order valence-corrected chi connectivity index (χ0v) is 8.99. The Bertz CT molecular complexity index is 536. The van der Waals surface area contributed by atoms with E-state index >= 15 is 0 Å². The van der Waals surface area contributed by atoms with Crippen molar-refractivity contribution in [1.29, 1.82) is 0 Å². The van der Waals surface area contributed by atoms with Crippen LogP contribution in [0.4, 0.5) is 5.00 Å². The lowest BCUT2D eigenvalue weighted by Gasteiger charge is -2.02. The van der Waals surface area contributed by atoms with Crippen LogP contribution in [0.15, 0.2) is 17.2 Å². The highest BCUT2D eigenvalue weighted by Crippen LogP contribution is 2.13. The molecule has 0 saturated carbocycles. The molecule has 0 aliphatic rings. The predicted molar refractivity (Wildman–Crippen MR) is 56.9 cm³/mol. The monoisotopic (exact) mass is 243 g/mol. The number of nitrogens with zero attached hydrogens (tertiary/aromatic N) is 4. The number of nitrogens with two attached hydrogens (primary N) is 1. The van der Waals surface area contributed by atoms with Crippen molar-refractivity contribution < 1.29 is 0 Å². The molecule has 0 aliphatic heterocycles. The molecule has 0 amide bonds. The van der Waals surface area contributed by atoms with Crippen molar-refractivity contribution in [2.75, 3.05) is 5.73 Å². The van der Waals surface area contributed by atoms with Gasteiger partial charge in [-0.05, 0) is 0 Å². The molecular formula is C7H6ClN5OS. The van der Waals surface area contributed by atoms with Crippen molar-refractivity contribution in [2.45, 2.75) is 6.54 Å². The van der Waals surface area contributed by atoms with Crippen LogP contribution in [-0.2, 0) is 6.54 Å². The molecule has 6 nitrogen and oxygen atoms in total. The normalized spacial score (nSPS) is 10.5. The van der Waals surface area contributed by atoms with E-state index in [4.69, 9.17) is 17.3 Å². The maximum atomic E-state index is 11.3. The van der Waals surface area contributed by atoms with Crippen LogP contribution < -0.4 is 11.4 Å². The second-order valence-corrected chi connectivity index (χ2v) is 3.99. The Morgan fingerprint density at radius 2 is 2.40 bits per heavy atom. The molecule has 8 heteroatoms. The second kappa shape index (κ2) is 3.95. The lowest BCUT2D eigenvalue weighted by molar-refractivity contribution is 0.709. The minimum absolute atomic E-state index is 0.231. The molecule has 0 spiro atoms. The summed E-state index contributed by atoms with van der Waals surface area (Å²) < 4.78 is 5.00. The second-order valence-electron chi connectivity index (χ2n) is 2.77. The van der Waals surface area contributed by atoms with Gasteiger partial charge in [0.2, 0.25) is 0 Å². The summed E-state index contributed by atoms with van der Waals surface area (Å²) in [5.74, 6) is 0. The molecule has 2 aromatic rings. The maximum absolute atomic E-state index is 11.3. The minimum atomic E-state index is -0.396. The fraction of sp³-hybridized carbons (Fsp3) is 0.143. The number of hydrogen-bond acceptors (Lipinski definition) is 6. The van der Waals surface area contributed by atoms with Crippen molar-refractivity contribution in [1.82, 2.24) is 19.1 Å². The van der Waals surface area contributed by atoms with Gasteiger partial charge >= 0.3 is 5.69 Å². The van der Waals surface area contributed by atoms with E-state index in [2.05, 4.69) is 14.6 Å². The Kier molecular flexibility index (Phi) is 2.65. The first-order chi connectivity index (χ1) is 7.16. The number of rotatable bonds is 2. The van der Waals surface area contributed by atoms with Crippen LogP contribution in [0.25, 0.3) is 0 Å². The standard InChI is InChI=1S/C7H6ClN5OS/c8-4-1-10-7(14)13(2-4)3-5-6(9)15-12-11-5/h1-2H,3,9H2. The number of aromatic nitrogens is 4. The van der Waals surface area contributed by atoms with E-state index in [0.717, 1.165) is 11.5 Å². The van der Waals surface area contributed by atoms with Gasteiger partial charge in [-0.15, -0.1) is 5.10 Å². The topological polar surface area (TPSA) is 86.7 Å². The highest BCUT2D eigenvalue weighted by atomic mass is 35.5. The first kappa shape index (κ1) is 10.1. The zero-order valence-electron chi connectivity index (χ0n) is 7.42. The quantitative estimate of drug-likeness (QED) is 0.824. The average molecular weight is 244 g/mol. The molecule has 2 aromatic heterocycles. The van der Waals surface area contributed by atoms with Gasteiger partial charge < -0.3 is 5.73 Å². The lowest BCUT2D eigenvalue weighted by Crippen LogP contribution is -2.22. The van der Waals surface area contributed by atoms with Crippen LogP contribution in [0.2, 0.25) is 5.02 Å². The zero-order chi connectivity index (χ0) is 10.8. The van der Waals surface area contributed by atoms with Crippen LogP contribution in [-0.4, -0.2) is 19.1 Å². The minimum Gasteiger partial charge on any atom is -0.388 e. The summed E-state index contributed by atoms with van der Waals surface area (Å²) >= 11 is 6.79. The van der Waals surface area contributed by atoms with Gasteiger partial charge in [-0.25, -0.2) is 9.78 Å². The highest BCUT2D eigenvalue weighted by molar-refractivity contribution is 7.09. The molecule has 15 heavy (non-hydrogen) atoms. The first-order valence-corrected chi connectivity index (χ1v) is 5.10. The molecular weight excluding hydrogens is 238 g/mol. The van der Waals surface area contributed by atoms with Gasteiger partial charge in [-0.2, -0.15) is 0 Å². The largest absolute Gasteiger partial charge is 0.388 e. The molecule has 0 saturated heterocycles. The number of nitrogen functional groups attached to an aromatic ring is 1. The molecule has 0 atom stereocenters. The van der Waals surface area contributed by atoms with Crippen LogP contribution in [0.5, 0.6) is 0 Å². The van der Waals surface area contributed by atoms with Crippen molar-refractivity contribution in [3.8, 4) is 0 Å². The summed E-state index contributed by atoms with van der Waals surface area (Å²) in [5, 5.41) is 4.67. The van der Waals surface area contributed by atoms with Gasteiger partial charge in [0, 0.05) is 17.7 Å². The van der Waals surface area contributed by atoms with Gasteiger partial charge in [0.1, 0.15) is 10.7 Å². The Labute approximate surface area is 93.5 Å². The van der Waals surface area contributed by atoms with Crippen molar-refractivity contribution in [2.24, 2.45) is 0 Å². The Morgan fingerprint density at radius 1 is 1.60 bits per heavy atom. The van der Waals surface area contributed by atoms with E-state index in [9.17, 15) is 4.79 Å². The Hall–Kier alpha value is -1.47. The summed E-state index contributed by atoms with van der Waals surface area (Å²) in [6, 6.07) is 0. The lowest BCUT2D eigenvalue weighted by atomic mass is 10.4. The van der Waals surface area contributed by atoms with Crippen LogP contribution >= 0.6 is 23.1 Å². The van der Waals surface area contributed by atoms with E-state index in [1.807, 2.05) is 0 Å². The third-order valence-corrected chi connectivity index (χ3v) is 2.52. The third kappa shape index (κ3) is 2.13. The summed E-state index contributed by atoms with van der Waals surface area (Å²) in [5.41, 5.74) is 5.75. The van der Waals surface area contributed by atoms with E-state index in [-0.39, 0.29) is 6.54 Å².